The van der Waals surface area contributed by atoms with Gasteiger partial charge >= 0.3 is 0 Å². The summed E-state index contributed by atoms with van der Waals surface area (Å²) in [5.41, 5.74) is 0.853. The van der Waals surface area contributed by atoms with Crippen molar-refractivity contribution in [1.82, 2.24) is 15.5 Å². The van der Waals surface area contributed by atoms with Crippen LogP contribution in [0, 0.1) is 0 Å². The normalized spacial score (nSPS) is 13.5. The van der Waals surface area contributed by atoms with Crippen LogP contribution in [-0.2, 0) is 9.59 Å². The van der Waals surface area contributed by atoms with Crippen LogP contribution in [-0.4, -0.2) is 55.8 Å². The van der Waals surface area contributed by atoms with Gasteiger partial charge in [0, 0.05) is 30.8 Å². The minimum atomic E-state index is -0.319. The fraction of sp³-hybridized carbons (Fsp3) is 0.438. The lowest BCUT2D eigenvalue weighted by atomic mass is 10.1. The molecule has 0 bridgehead atoms. The topological polar surface area (TPSA) is 90.5 Å². The number of halogens is 1. The summed E-state index contributed by atoms with van der Waals surface area (Å²) in [7, 11) is 1.52. The van der Waals surface area contributed by atoms with Crippen LogP contribution in [0.3, 0.4) is 0 Å². The molecule has 1 heterocycles. The van der Waals surface area contributed by atoms with Crippen LogP contribution in [0.1, 0.15) is 23.2 Å². The van der Waals surface area contributed by atoms with Crippen molar-refractivity contribution in [3.8, 4) is 0 Å². The first-order valence-electron chi connectivity index (χ1n) is 7.81. The molecule has 0 radical (unpaired) electrons. The van der Waals surface area contributed by atoms with Crippen LogP contribution in [0.5, 0.6) is 0 Å². The van der Waals surface area contributed by atoms with Crippen LogP contribution < -0.4 is 16.0 Å². The molecule has 1 fully saturated rings. The maximum absolute atomic E-state index is 11.9. The van der Waals surface area contributed by atoms with Crippen LogP contribution in [0.2, 0.25) is 5.02 Å². The van der Waals surface area contributed by atoms with E-state index in [4.69, 9.17) is 11.6 Å². The zero-order valence-electron chi connectivity index (χ0n) is 13.5. The molecule has 7 nitrogen and oxygen atoms in total. The number of likely N-dealkylation sites (tertiary alicyclic amines) is 1. The second kappa shape index (κ2) is 8.54. The molecule has 1 aromatic carbocycles. The molecule has 0 aliphatic carbocycles. The number of hydrogen-bond acceptors (Lipinski definition) is 4. The molecule has 2 rings (SSSR count). The Morgan fingerprint density at radius 2 is 1.88 bits per heavy atom. The number of rotatable bonds is 6. The summed E-state index contributed by atoms with van der Waals surface area (Å²) in [6, 6.07) is 4.79. The molecule has 1 saturated heterocycles. The summed E-state index contributed by atoms with van der Waals surface area (Å²) in [5.74, 6) is -0.691. The zero-order valence-corrected chi connectivity index (χ0v) is 14.3. The van der Waals surface area contributed by atoms with E-state index in [-0.39, 0.29) is 30.8 Å². The molecule has 3 N–H and O–H groups in total. The van der Waals surface area contributed by atoms with Crippen LogP contribution in [0.15, 0.2) is 18.2 Å². The van der Waals surface area contributed by atoms with Gasteiger partial charge in [-0.15, -0.1) is 0 Å². The lowest BCUT2D eigenvalue weighted by molar-refractivity contribution is -0.131. The summed E-state index contributed by atoms with van der Waals surface area (Å²) in [5, 5.41) is 8.43. The molecule has 3 amide bonds. The second-order valence-electron chi connectivity index (χ2n) is 5.49. The Morgan fingerprint density at radius 3 is 2.54 bits per heavy atom. The average Bonchev–Trinajstić information content (AvgIpc) is 3.12. The molecule has 130 valence electrons. The van der Waals surface area contributed by atoms with Crippen molar-refractivity contribution in [2.24, 2.45) is 0 Å². The van der Waals surface area contributed by atoms with Crippen LogP contribution in [0.4, 0.5) is 5.69 Å². The number of carbonyl (C=O) groups excluding carboxylic acids is 3. The molecule has 24 heavy (non-hydrogen) atoms. The summed E-state index contributed by atoms with van der Waals surface area (Å²) in [6.07, 6.45) is 2.03. The zero-order chi connectivity index (χ0) is 17.5. The fourth-order valence-electron chi connectivity index (χ4n) is 2.48. The monoisotopic (exact) mass is 352 g/mol. The smallest absolute Gasteiger partial charge is 0.253 e. The second-order valence-corrected chi connectivity index (χ2v) is 5.92. The van der Waals surface area contributed by atoms with Gasteiger partial charge in [0.15, 0.2) is 0 Å². The minimum Gasteiger partial charge on any atom is -0.376 e. The summed E-state index contributed by atoms with van der Waals surface area (Å²) in [4.78, 5) is 37.3. The molecule has 1 aromatic rings. The molecule has 0 saturated carbocycles. The van der Waals surface area contributed by atoms with E-state index >= 15 is 0 Å². The van der Waals surface area contributed by atoms with Gasteiger partial charge in [-0.1, -0.05) is 11.6 Å². The molecule has 0 aromatic heterocycles. The molecule has 1 aliphatic rings. The predicted molar refractivity (Wildman–Crippen MR) is 92.2 cm³/mol. The number of benzene rings is 1. The third-order valence-electron chi connectivity index (χ3n) is 3.79. The molecule has 8 heteroatoms. The Morgan fingerprint density at radius 1 is 1.17 bits per heavy atom. The number of hydrogen-bond donors (Lipinski definition) is 3. The van der Waals surface area contributed by atoms with E-state index in [1.807, 2.05) is 0 Å². The highest BCUT2D eigenvalue weighted by Crippen LogP contribution is 2.20. The highest BCUT2D eigenvalue weighted by atomic mass is 35.5. The predicted octanol–water partition coefficient (Wildman–Crippen LogP) is 0.850. The van der Waals surface area contributed by atoms with E-state index in [0.717, 1.165) is 25.9 Å². The molecular weight excluding hydrogens is 332 g/mol. The van der Waals surface area contributed by atoms with Crippen LogP contribution in [0.25, 0.3) is 0 Å². The Kier molecular flexibility index (Phi) is 6.43. The number of amides is 3. The molecular formula is C16H21ClN4O3. The van der Waals surface area contributed by atoms with Gasteiger partial charge in [0.05, 0.1) is 18.7 Å². The SMILES string of the molecule is CNC(=O)c1cc(Cl)ccc1NCC(=O)NCC(=O)N1CCCC1. The number of nitrogens with one attached hydrogen (secondary N) is 3. The first-order valence-corrected chi connectivity index (χ1v) is 8.19. The molecule has 1 aliphatic heterocycles. The van der Waals surface area contributed by atoms with Gasteiger partial charge in [-0.05, 0) is 31.0 Å². The van der Waals surface area contributed by atoms with Crippen molar-refractivity contribution in [3.05, 3.63) is 28.8 Å². The van der Waals surface area contributed by atoms with Gasteiger partial charge in [-0.25, -0.2) is 0 Å². The summed E-state index contributed by atoms with van der Waals surface area (Å²) >= 11 is 5.90. The highest BCUT2D eigenvalue weighted by molar-refractivity contribution is 6.31. The summed E-state index contributed by atoms with van der Waals surface area (Å²) < 4.78 is 0. The lowest BCUT2D eigenvalue weighted by Crippen LogP contribution is -2.40. The average molecular weight is 353 g/mol. The fourth-order valence-corrected chi connectivity index (χ4v) is 2.66. The van der Waals surface area contributed by atoms with Crippen molar-refractivity contribution in [3.63, 3.8) is 0 Å². The Balaban J connectivity index is 1.85. The van der Waals surface area contributed by atoms with E-state index in [1.165, 1.54) is 13.1 Å². The molecule has 0 atom stereocenters. The van der Waals surface area contributed by atoms with Gasteiger partial charge in [-0.3, -0.25) is 14.4 Å². The number of anilines is 1. The first-order chi connectivity index (χ1) is 11.5. The minimum absolute atomic E-state index is 0.0105. The first kappa shape index (κ1) is 18.1. The van der Waals surface area contributed by atoms with Crippen molar-refractivity contribution >= 4 is 35.0 Å². The van der Waals surface area contributed by atoms with Crippen molar-refractivity contribution in [2.75, 3.05) is 38.5 Å². The number of carbonyl (C=O) groups is 3. The van der Waals surface area contributed by atoms with Gasteiger partial charge < -0.3 is 20.9 Å². The van der Waals surface area contributed by atoms with Gasteiger partial charge in [0.1, 0.15) is 0 Å². The van der Waals surface area contributed by atoms with Crippen LogP contribution >= 0.6 is 11.6 Å². The maximum Gasteiger partial charge on any atom is 0.253 e. The highest BCUT2D eigenvalue weighted by Gasteiger charge is 2.18. The molecule has 0 spiro atoms. The third kappa shape index (κ3) is 4.86. The third-order valence-corrected chi connectivity index (χ3v) is 4.02. The van der Waals surface area contributed by atoms with Gasteiger partial charge in [0.2, 0.25) is 11.8 Å². The molecule has 0 unspecified atom stereocenters. The Bertz CT molecular complexity index is 630. The van der Waals surface area contributed by atoms with E-state index in [9.17, 15) is 14.4 Å². The van der Waals surface area contributed by atoms with E-state index in [2.05, 4.69) is 16.0 Å². The standard InChI is InChI=1S/C16H21ClN4O3/c1-18-16(24)12-8-11(17)4-5-13(12)19-9-14(22)20-10-15(23)21-6-2-3-7-21/h4-5,8,19H,2-3,6-7,9-10H2,1H3,(H,18,24)(H,20,22). The van der Waals surface area contributed by atoms with Gasteiger partial charge in [-0.2, -0.15) is 0 Å². The van der Waals surface area contributed by atoms with Crippen molar-refractivity contribution in [1.29, 1.82) is 0 Å². The Labute approximate surface area is 145 Å². The van der Waals surface area contributed by atoms with E-state index in [0.29, 0.717) is 16.3 Å². The number of nitrogens with zero attached hydrogens (tertiary/aromatic N) is 1. The van der Waals surface area contributed by atoms with Crippen molar-refractivity contribution in [2.45, 2.75) is 12.8 Å². The van der Waals surface area contributed by atoms with Gasteiger partial charge in [0.25, 0.3) is 5.91 Å². The van der Waals surface area contributed by atoms with E-state index < -0.39 is 0 Å². The quantitative estimate of drug-likeness (QED) is 0.708. The lowest BCUT2D eigenvalue weighted by Gasteiger charge is -2.16. The van der Waals surface area contributed by atoms with Crippen molar-refractivity contribution < 1.29 is 14.4 Å². The maximum atomic E-state index is 11.9. The largest absolute Gasteiger partial charge is 0.376 e. The van der Waals surface area contributed by atoms with E-state index in [1.54, 1.807) is 17.0 Å². The Hall–Kier alpha value is -2.28. The summed E-state index contributed by atoms with van der Waals surface area (Å²) in [6.45, 7) is 1.46.